The lowest BCUT2D eigenvalue weighted by atomic mass is 10.0. The van der Waals surface area contributed by atoms with Crippen LogP contribution in [0.4, 0.5) is 5.69 Å². The van der Waals surface area contributed by atoms with Crippen molar-refractivity contribution in [2.45, 2.75) is 38.8 Å². The van der Waals surface area contributed by atoms with Gasteiger partial charge in [-0.05, 0) is 37.5 Å². The summed E-state index contributed by atoms with van der Waals surface area (Å²) in [6.07, 6.45) is 3.40. The van der Waals surface area contributed by atoms with Crippen LogP contribution in [0.1, 0.15) is 29.7 Å². The van der Waals surface area contributed by atoms with E-state index in [9.17, 15) is 0 Å². The third-order valence-electron chi connectivity index (χ3n) is 4.33. The van der Waals surface area contributed by atoms with E-state index in [1.165, 1.54) is 29.8 Å². The number of methoxy groups -OCH3 is 1. The van der Waals surface area contributed by atoms with E-state index in [2.05, 4.69) is 24.4 Å². The average molecular weight is 284 g/mol. The van der Waals surface area contributed by atoms with Crippen molar-refractivity contribution in [3.63, 3.8) is 0 Å². The molecule has 0 atom stereocenters. The van der Waals surface area contributed by atoms with E-state index < -0.39 is 0 Å². The van der Waals surface area contributed by atoms with Gasteiger partial charge in [0.05, 0.1) is 37.2 Å². The molecule has 1 aliphatic carbocycles. The lowest BCUT2D eigenvalue weighted by Crippen LogP contribution is -2.16. The summed E-state index contributed by atoms with van der Waals surface area (Å²) in [6, 6.07) is 4.75. The summed E-state index contributed by atoms with van der Waals surface area (Å²) in [4.78, 5) is 4.90. The second-order valence-corrected chi connectivity index (χ2v) is 5.97. The Bertz CT molecular complexity index is 708. The maximum Gasteiger partial charge on any atom is 0.119 e. The van der Waals surface area contributed by atoms with Crippen molar-refractivity contribution in [2.24, 2.45) is 0 Å². The van der Waals surface area contributed by atoms with Crippen molar-refractivity contribution in [3.05, 3.63) is 29.0 Å². The summed E-state index contributed by atoms with van der Waals surface area (Å²) in [7, 11) is 1.71. The monoisotopic (exact) mass is 284 g/mol. The predicted octanol–water partition coefficient (Wildman–Crippen LogP) is 3.20. The maximum absolute atomic E-state index is 5.66. The first-order valence-corrected chi connectivity index (χ1v) is 7.60. The lowest BCUT2D eigenvalue weighted by molar-refractivity contribution is 0.110. The van der Waals surface area contributed by atoms with Gasteiger partial charge in [-0.2, -0.15) is 0 Å². The highest BCUT2D eigenvalue weighted by atomic mass is 16.5. The number of benzene rings is 1. The molecule has 0 amide bonds. The Kier molecular flexibility index (Phi) is 3.00. The standard InChI is InChI=1S/C17H20N2O2/c1-10-7-12(20-2)8-13-16(10)19-15-5-6-21-9-14(15)17(13)18-11-3-4-11/h7-8,11H,3-6,9H2,1-2H3,(H,18,19). The molecule has 0 saturated heterocycles. The highest BCUT2D eigenvalue weighted by Crippen LogP contribution is 2.38. The quantitative estimate of drug-likeness (QED) is 0.940. The van der Waals surface area contributed by atoms with Gasteiger partial charge in [-0.15, -0.1) is 0 Å². The molecule has 1 N–H and O–H groups in total. The van der Waals surface area contributed by atoms with Gasteiger partial charge in [-0.25, -0.2) is 0 Å². The molecule has 4 nitrogen and oxygen atoms in total. The van der Waals surface area contributed by atoms with Crippen molar-refractivity contribution in [1.29, 1.82) is 0 Å². The fraction of sp³-hybridized carbons (Fsp3) is 0.471. The van der Waals surface area contributed by atoms with Crippen molar-refractivity contribution < 1.29 is 9.47 Å². The van der Waals surface area contributed by atoms with Crippen LogP contribution in [-0.4, -0.2) is 24.7 Å². The van der Waals surface area contributed by atoms with Crippen LogP contribution in [0.3, 0.4) is 0 Å². The third kappa shape index (κ3) is 2.23. The first kappa shape index (κ1) is 12.9. The molecular formula is C17H20N2O2. The zero-order valence-electron chi connectivity index (χ0n) is 12.5. The SMILES string of the molecule is COc1cc(C)c2nc3c(c(NC4CC4)c2c1)COCC3. The first-order valence-electron chi connectivity index (χ1n) is 7.60. The highest BCUT2D eigenvalue weighted by Gasteiger charge is 2.26. The van der Waals surface area contributed by atoms with Gasteiger partial charge in [0, 0.05) is 23.4 Å². The molecule has 4 rings (SSSR count). The van der Waals surface area contributed by atoms with Crippen LogP contribution in [-0.2, 0) is 17.8 Å². The van der Waals surface area contributed by atoms with Crippen molar-refractivity contribution >= 4 is 16.6 Å². The summed E-state index contributed by atoms with van der Waals surface area (Å²) in [6.45, 7) is 3.53. The summed E-state index contributed by atoms with van der Waals surface area (Å²) in [5, 5.41) is 4.85. The second-order valence-electron chi connectivity index (χ2n) is 5.97. The number of aromatic nitrogens is 1. The van der Waals surface area contributed by atoms with Crippen molar-refractivity contribution in [3.8, 4) is 5.75 Å². The Labute approximate surface area is 124 Å². The zero-order valence-corrected chi connectivity index (χ0v) is 12.5. The minimum absolute atomic E-state index is 0.605. The summed E-state index contributed by atoms with van der Waals surface area (Å²) < 4.78 is 11.1. The lowest BCUT2D eigenvalue weighted by Gasteiger charge is -2.23. The summed E-state index contributed by atoms with van der Waals surface area (Å²) >= 11 is 0. The molecule has 1 aromatic carbocycles. The molecule has 21 heavy (non-hydrogen) atoms. The van der Waals surface area contributed by atoms with E-state index >= 15 is 0 Å². The van der Waals surface area contributed by atoms with Crippen LogP contribution in [0.15, 0.2) is 12.1 Å². The number of ether oxygens (including phenoxy) is 2. The van der Waals surface area contributed by atoms with Crippen LogP contribution in [0.25, 0.3) is 10.9 Å². The molecular weight excluding hydrogens is 264 g/mol. The van der Waals surface area contributed by atoms with E-state index in [1.807, 2.05) is 0 Å². The first-order chi connectivity index (χ1) is 10.3. The zero-order chi connectivity index (χ0) is 14.4. The van der Waals surface area contributed by atoms with Gasteiger partial charge in [0.1, 0.15) is 5.75 Å². The Morgan fingerprint density at radius 1 is 1.33 bits per heavy atom. The smallest absolute Gasteiger partial charge is 0.119 e. The van der Waals surface area contributed by atoms with E-state index in [-0.39, 0.29) is 0 Å². The van der Waals surface area contributed by atoms with Crippen molar-refractivity contribution in [2.75, 3.05) is 19.0 Å². The van der Waals surface area contributed by atoms with E-state index in [4.69, 9.17) is 14.5 Å². The molecule has 2 heterocycles. The van der Waals surface area contributed by atoms with Gasteiger partial charge >= 0.3 is 0 Å². The largest absolute Gasteiger partial charge is 0.497 e. The Balaban J connectivity index is 1.99. The minimum Gasteiger partial charge on any atom is -0.497 e. The van der Waals surface area contributed by atoms with Crippen molar-refractivity contribution in [1.82, 2.24) is 4.98 Å². The van der Waals surface area contributed by atoms with E-state index in [1.54, 1.807) is 7.11 Å². The molecule has 1 aromatic heterocycles. The van der Waals surface area contributed by atoms with Gasteiger partial charge in [0.15, 0.2) is 0 Å². The molecule has 2 aromatic rings. The molecule has 1 aliphatic heterocycles. The van der Waals surface area contributed by atoms with Gasteiger partial charge in [-0.3, -0.25) is 4.98 Å². The predicted molar refractivity (Wildman–Crippen MR) is 83.0 cm³/mol. The molecule has 0 bridgehead atoms. The number of hydrogen-bond acceptors (Lipinski definition) is 4. The Hall–Kier alpha value is -1.81. The number of anilines is 1. The maximum atomic E-state index is 5.66. The molecule has 1 fully saturated rings. The topological polar surface area (TPSA) is 43.4 Å². The average Bonchev–Trinajstić information content (AvgIpc) is 3.32. The number of rotatable bonds is 3. The van der Waals surface area contributed by atoms with Gasteiger partial charge in [-0.1, -0.05) is 0 Å². The molecule has 110 valence electrons. The third-order valence-corrected chi connectivity index (χ3v) is 4.33. The number of pyridine rings is 1. The summed E-state index contributed by atoms with van der Waals surface area (Å²) in [5.74, 6) is 0.886. The van der Waals surface area contributed by atoms with Crippen LogP contribution in [0.2, 0.25) is 0 Å². The fourth-order valence-electron chi connectivity index (χ4n) is 3.01. The Morgan fingerprint density at radius 3 is 2.95 bits per heavy atom. The number of aryl methyl sites for hydroxylation is 1. The van der Waals surface area contributed by atoms with Crippen LogP contribution >= 0.6 is 0 Å². The molecule has 2 aliphatic rings. The minimum atomic E-state index is 0.605. The normalized spacial score (nSPS) is 17.6. The molecule has 4 heteroatoms. The number of nitrogens with zero attached hydrogens (tertiary/aromatic N) is 1. The van der Waals surface area contributed by atoms with Gasteiger partial charge < -0.3 is 14.8 Å². The second kappa shape index (κ2) is 4.88. The van der Waals surface area contributed by atoms with Crippen LogP contribution < -0.4 is 10.1 Å². The number of hydrogen-bond donors (Lipinski definition) is 1. The molecule has 0 radical (unpaired) electrons. The molecule has 0 spiro atoms. The van der Waals surface area contributed by atoms with E-state index in [0.29, 0.717) is 12.6 Å². The number of fused-ring (bicyclic) bond motifs is 2. The van der Waals surface area contributed by atoms with Gasteiger partial charge in [0.25, 0.3) is 0 Å². The van der Waals surface area contributed by atoms with E-state index in [0.717, 1.165) is 35.2 Å². The molecule has 1 saturated carbocycles. The van der Waals surface area contributed by atoms with Gasteiger partial charge in [0.2, 0.25) is 0 Å². The number of nitrogens with one attached hydrogen (secondary N) is 1. The summed E-state index contributed by atoms with van der Waals surface area (Å²) in [5.41, 5.74) is 5.87. The van der Waals surface area contributed by atoms with Crippen LogP contribution in [0, 0.1) is 6.92 Å². The molecule has 0 unspecified atom stereocenters. The highest BCUT2D eigenvalue weighted by molar-refractivity contribution is 5.96. The fourth-order valence-corrected chi connectivity index (χ4v) is 3.01. The Morgan fingerprint density at radius 2 is 2.19 bits per heavy atom. The van der Waals surface area contributed by atoms with Crippen LogP contribution in [0.5, 0.6) is 5.75 Å².